The van der Waals surface area contributed by atoms with Crippen LogP contribution in [0.2, 0.25) is 0 Å². The molecular weight excluding hydrogens is 330 g/mol. The SMILES string of the molecule is COc1ccc(N2C(=O)/C(=C(\C)C(OC)OC)C2c2ccccc2)cc1. The van der Waals surface area contributed by atoms with Crippen LogP contribution in [0, 0.1) is 0 Å². The van der Waals surface area contributed by atoms with Gasteiger partial charge in [0.2, 0.25) is 0 Å². The average Bonchev–Trinajstić information content (AvgIpc) is 2.68. The topological polar surface area (TPSA) is 48.0 Å². The first-order chi connectivity index (χ1) is 12.6. The fraction of sp³-hybridized carbons (Fsp3) is 0.286. The van der Waals surface area contributed by atoms with Crippen LogP contribution >= 0.6 is 0 Å². The van der Waals surface area contributed by atoms with Crippen LogP contribution in [0.3, 0.4) is 0 Å². The van der Waals surface area contributed by atoms with Crippen molar-refractivity contribution in [3.8, 4) is 5.75 Å². The highest BCUT2D eigenvalue weighted by Crippen LogP contribution is 2.45. The summed E-state index contributed by atoms with van der Waals surface area (Å²) in [6.45, 7) is 1.88. The molecule has 1 saturated heterocycles. The molecule has 1 fully saturated rings. The molecule has 0 spiro atoms. The van der Waals surface area contributed by atoms with Crippen molar-refractivity contribution in [2.45, 2.75) is 19.3 Å². The van der Waals surface area contributed by atoms with Gasteiger partial charge in [-0.15, -0.1) is 0 Å². The zero-order valence-electron chi connectivity index (χ0n) is 15.4. The van der Waals surface area contributed by atoms with E-state index in [1.165, 1.54) is 0 Å². The Labute approximate surface area is 153 Å². The molecule has 5 nitrogen and oxygen atoms in total. The molecule has 1 heterocycles. The molecule has 0 N–H and O–H groups in total. The molecule has 136 valence electrons. The highest BCUT2D eigenvalue weighted by Gasteiger charge is 2.46. The Kier molecular flexibility index (Phi) is 5.40. The molecule has 5 heteroatoms. The van der Waals surface area contributed by atoms with Crippen LogP contribution < -0.4 is 9.64 Å². The summed E-state index contributed by atoms with van der Waals surface area (Å²) in [6, 6.07) is 17.3. The number of ether oxygens (including phenoxy) is 3. The molecule has 3 rings (SSSR count). The molecule has 1 amide bonds. The molecule has 0 saturated carbocycles. The van der Waals surface area contributed by atoms with E-state index in [2.05, 4.69) is 0 Å². The van der Waals surface area contributed by atoms with Crippen LogP contribution in [-0.4, -0.2) is 33.5 Å². The lowest BCUT2D eigenvalue weighted by atomic mass is 9.84. The maximum absolute atomic E-state index is 13.0. The number of anilines is 1. The zero-order valence-corrected chi connectivity index (χ0v) is 15.4. The van der Waals surface area contributed by atoms with Gasteiger partial charge in [-0.1, -0.05) is 30.3 Å². The molecule has 0 aromatic heterocycles. The van der Waals surface area contributed by atoms with Crippen molar-refractivity contribution >= 4 is 11.6 Å². The Bertz CT molecular complexity index is 795. The molecule has 1 atom stereocenters. The number of nitrogens with zero attached hydrogens (tertiary/aromatic N) is 1. The van der Waals surface area contributed by atoms with Crippen molar-refractivity contribution in [3.05, 3.63) is 71.3 Å². The van der Waals surface area contributed by atoms with Crippen molar-refractivity contribution in [1.29, 1.82) is 0 Å². The fourth-order valence-electron chi connectivity index (χ4n) is 3.35. The van der Waals surface area contributed by atoms with Crippen molar-refractivity contribution in [1.82, 2.24) is 0 Å². The summed E-state index contributed by atoms with van der Waals surface area (Å²) < 4.78 is 15.9. The molecular formula is C21H23NO4. The number of hydrogen-bond acceptors (Lipinski definition) is 4. The lowest BCUT2D eigenvalue weighted by Crippen LogP contribution is -2.50. The molecule has 0 bridgehead atoms. The summed E-state index contributed by atoms with van der Waals surface area (Å²) in [7, 11) is 4.76. The summed E-state index contributed by atoms with van der Waals surface area (Å²) in [5.74, 6) is 0.712. The molecule has 2 aromatic rings. The average molecular weight is 353 g/mol. The van der Waals surface area contributed by atoms with E-state index in [1.807, 2.05) is 61.5 Å². The molecule has 2 aromatic carbocycles. The summed E-state index contributed by atoms with van der Waals surface area (Å²) >= 11 is 0. The van der Waals surface area contributed by atoms with Crippen molar-refractivity contribution in [2.75, 3.05) is 26.2 Å². The normalized spacial score (nSPS) is 18.7. The van der Waals surface area contributed by atoms with E-state index in [9.17, 15) is 4.79 Å². The Balaban J connectivity index is 2.05. The van der Waals surface area contributed by atoms with Crippen LogP contribution in [0.5, 0.6) is 5.75 Å². The first kappa shape index (κ1) is 18.2. The van der Waals surface area contributed by atoms with Gasteiger partial charge in [0.15, 0.2) is 6.29 Å². The molecule has 26 heavy (non-hydrogen) atoms. The number of amides is 1. The van der Waals surface area contributed by atoms with Crippen LogP contribution in [0.4, 0.5) is 5.69 Å². The van der Waals surface area contributed by atoms with Gasteiger partial charge in [-0.25, -0.2) is 0 Å². The summed E-state index contributed by atoms with van der Waals surface area (Å²) in [4.78, 5) is 14.8. The second-order valence-electron chi connectivity index (χ2n) is 6.09. The predicted octanol–water partition coefficient (Wildman–Crippen LogP) is 3.72. The molecule has 0 radical (unpaired) electrons. The Morgan fingerprint density at radius 1 is 0.962 bits per heavy atom. The minimum Gasteiger partial charge on any atom is -0.497 e. The van der Waals surface area contributed by atoms with Gasteiger partial charge in [0.1, 0.15) is 5.75 Å². The minimum atomic E-state index is -0.543. The zero-order chi connectivity index (χ0) is 18.7. The number of rotatable bonds is 6. The number of methoxy groups -OCH3 is 3. The van der Waals surface area contributed by atoms with E-state index in [0.717, 1.165) is 22.6 Å². The maximum Gasteiger partial charge on any atom is 0.257 e. The lowest BCUT2D eigenvalue weighted by Gasteiger charge is -2.44. The Morgan fingerprint density at radius 2 is 1.58 bits per heavy atom. The number of benzene rings is 2. The Morgan fingerprint density at radius 3 is 2.12 bits per heavy atom. The number of β-lactam (4-membered cyclic amide) rings is 1. The first-order valence-corrected chi connectivity index (χ1v) is 8.41. The van der Waals surface area contributed by atoms with E-state index >= 15 is 0 Å². The molecule has 0 aliphatic carbocycles. The van der Waals surface area contributed by atoms with Crippen LogP contribution in [-0.2, 0) is 14.3 Å². The van der Waals surface area contributed by atoms with E-state index < -0.39 is 6.29 Å². The van der Waals surface area contributed by atoms with E-state index in [4.69, 9.17) is 14.2 Å². The molecule has 1 unspecified atom stereocenters. The largest absolute Gasteiger partial charge is 0.497 e. The van der Waals surface area contributed by atoms with Gasteiger partial charge in [0.25, 0.3) is 5.91 Å². The van der Waals surface area contributed by atoms with Crippen LogP contribution in [0.15, 0.2) is 65.7 Å². The van der Waals surface area contributed by atoms with Crippen molar-refractivity contribution in [2.24, 2.45) is 0 Å². The van der Waals surface area contributed by atoms with Crippen LogP contribution in [0.25, 0.3) is 0 Å². The second-order valence-corrected chi connectivity index (χ2v) is 6.09. The lowest BCUT2D eigenvalue weighted by molar-refractivity contribution is -0.120. The first-order valence-electron chi connectivity index (χ1n) is 8.41. The molecule has 1 aliphatic rings. The number of carbonyl (C=O) groups is 1. The number of carbonyl (C=O) groups excluding carboxylic acids is 1. The summed E-state index contributed by atoms with van der Waals surface area (Å²) in [6.07, 6.45) is -0.543. The van der Waals surface area contributed by atoms with E-state index in [1.54, 1.807) is 26.2 Å². The van der Waals surface area contributed by atoms with Gasteiger partial charge in [-0.05, 0) is 42.3 Å². The number of hydrogen-bond donors (Lipinski definition) is 0. The minimum absolute atomic E-state index is 0.0411. The quantitative estimate of drug-likeness (QED) is 0.451. The van der Waals surface area contributed by atoms with Crippen LogP contribution in [0.1, 0.15) is 18.5 Å². The third-order valence-corrected chi connectivity index (χ3v) is 4.65. The highest BCUT2D eigenvalue weighted by atomic mass is 16.7. The standard InChI is InChI=1S/C21H23NO4/c1-14(21(25-3)26-4)18-19(15-8-6-5-7-9-15)22(20(18)23)16-10-12-17(24-2)13-11-16/h5-13,19,21H,1-4H3/b18-14+. The third kappa shape index (κ3) is 3.11. The maximum atomic E-state index is 13.0. The van der Waals surface area contributed by atoms with Gasteiger partial charge < -0.3 is 14.2 Å². The Hall–Kier alpha value is -2.63. The van der Waals surface area contributed by atoms with E-state index in [-0.39, 0.29) is 11.9 Å². The van der Waals surface area contributed by atoms with Gasteiger partial charge in [0, 0.05) is 25.5 Å². The van der Waals surface area contributed by atoms with Crippen molar-refractivity contribution < 1.29 is 19.0 Å². The highest BCUT2D eigenvalue weighted by molar-refractivity contribution is 6.16. The van der Waals surface area contributed by atoms with Gasteiger partial charge in [-0.3, -0.25) is 9.69 Å². The monoisotopic (exact) mass is 353 g/mol. The summed E-state index contributed by atoms with van der Waals surface area (Å²) in [5, 5.41) is 0. The van der Waals surface area contributed by atoms with Gasteiger partial charge in [-0.2, -0.15) is 0 Å². The van der Waals surface area contributed by atoms with E-state index in [0.29, 0.717) is 5.57 Å². The third-order valence-electron chi connectivity index (χ3n) is 4.65. The second kappa shape index (κ2) is 7.72. The fourth-order valence-corrected chi connectivity index (χ4v) is 3.35. The summed E-state index contributed by atoms with van der Waals surface area (Å²) in [5.41, 5.74) is 3.37. The van der Waals surface area contributed by atoms with Crippen molar-refractivity contribution in [3.63, 3.8) is 0 Å². The predicted molar refractivity (Wildman–Crippen MR) is 100 cm³/mol. The molecule has 1 aliphatic heterocycles. The van der Waals surface area contributed by atoms with Gasteiger partial charge in [0.05, 0.1) is 13.2 Å². The smallest absolute Gasteiger partial charge is 0.257 e. The van der Waals surface area contributed by atoms with Gasteiger partial charge >= 0.3 is 0 Å².